The van der Waals surface area contributed by atoms with E-state index in [9.17, 15) is 26.4 Å². The highest BCUT2D eigenvalue weighted by molar-refractivity contribution is 7.91. The Morgan fingerprint density at radius 1 is 1.20 bits per heavy atom. The standard InChI is InChI=1S/C21H19F3N6O3S2/c1-30-4-5-35(32,33)15-7-14(34-18(15)19(30)31)17-12(21(22,23)24)8-27-20(29-17)28-13-9-26-16(25)6-11(13)10-2-3-10/h6-10H,2-5H2,1H3,(H2,25,26)(H,27,28,29). The number of amides is 1. The number of carbonyl (C=O) groups is 1. The van der Waals surface area contributed by atoms with Crippen LogP contribution in [0.2, 0.25) is 0 Å². The molecule has 0 saturated heterocycles. The molecule has 3 aromatic heterocycles. The second kappa shape index (κ2) is 8.16. The molecule has 3 N–H and O–H groups in total. The van der Waals surface area contributed by atoms with Crippen molar-refractivity contribution in [3.63, 3.8) is 0 Å². The van der Waals surface area contributed by atoms with Crippen LogP contribution in [0.25, 0.3) is 10.6 Å². The van der Waals surface area contributed by atoms with E-state index < -0.39 is 33.2 Å². The average molecular weight is 525 g/mol. The minimum absolute atomic E-state index is 0.00771. The number of alkyl halides is 3. The molecule has 1 saturated carbocycles. The Kier molecular flexibility index (Phi) is 5.47. The lowest BCUT2D eigenvalue weighted by molar-refractivity contribution is -0.137. The average Bonchev–Trinajstić information content (AvgIpc) is 3.55. The first-order chi connectivity index (χ1) is 16.4. The number of sulfone groups is 1. The molecule has 0 unspecified atom stereocenters. The van der Waals surface area contributed by atoms with Crippen molar-refractivity contribution in [2.24, 2.45) is 0 Å². The highest BCUT2D eigenvalue weighted by Crippen LogP contribution is 2.45. The summed E-state index contributed by atoms with van der Waals surface area (Å²) < 4.78 is 66.9. The van der Waals surface area contributed by atoms with Crippen LogP contribution < -0.4 is 11.1 Å². The van der Waals surface area contributed by atoms with E-state index in [0.29, 0.717) is 29.0 Å². The zero-order chi connectivity index (χ0) is 25.1. The summed E-state index contributed by atoms with van der Waals surface area (Å²) in [4.78, 5) is 25.4. The van der Waals surface area contributed by atoms with E-state index in [-0.39, 0.29) is 38.8 Å². The molecule has 1 amide bonds. The van der Waals surface area contributed by atoms with E-state index in [1.807, 2.05) is 0 Å². The number of anilines is 3. The molecule has 35 heavy (non-hydrogen) atoms. The molecule has 0 atom stereocenters. The van der Waals surface area contributed by atoms with Crippen LogP contribution in [-0.2, 0) is 16.0 Å². The molecule has 1 aliphatic heterocycles. The maximum atomic E-state index is 13.8. The maximum Gasteiger partial charge on any atom is 0.420 e. The van der Waals surface area contributed by atoms with Crippen LogP contribution in [0.4, 0.5) is 30.6 Å². The normalized spacial score (nSPS) is 17.7. The van der Waals surface area contributed by atoms with Crippen molar-refractivity contribution < 1.29 is 26.4 Å². The van der Waals surface area contributed by atoms with Gasteiger partial charge in [0.15, 0.2) is 9.84 Å². The second-order valence-corrected chi connectivity index (χ2v) is 11.5. The van der Waals surface area contributed by atoms with Crippen molar-refractivity contribution in [2.75, 3.05) is 30.4 Å². The molecule has 3 aromatic rings. The summed E-state index contributed by atoms with van der Waals surface area (Å²) in [6.07, 6.45) is -0.793. The molecule has 2 aliphatic rings. The van der Waals surface area contributed by atoms with Crippen LogP contribution in [0.5, 0.6) is 0 Å². The Balaban J connectivity index is 1.62. The molecule has 184 valence electrons. The van der Waals surface area contributed by atoms with Crippen molar-refractivity contribution in [3.05, 3.63) is 40.5 Å². The van der Waals surface area contributed by atoms with Gasteiger partial charge in [0.05, 0.1) is 33.1 Å². The summed E-state index contributed by atoms with van der Waals surface area (Å²) in [6, 6.07) is 2.79. The summed E-state index contributed by atoms with van der Waals surface area (Å²) in [5.41, 5.74) is 5.51. The number of halogens is 3. The molecule has 0 bridgehead atoms. The first-order valence-electron chi connectivity index (χ1n) is 10.5. The van der Waals surface area contributed by atoms with Crippen LogP contribution in [-0.4, -0.2) is 53.5 Å². The number of carbonyl (C=O) groups excluding carboxylic acids is 1. The Hall–Kier alpha value is -3.26. The molecule has 1 fully saturated rings. The maximum absolute atomic E-state index is 13.8. The monoisotopic (exact) mass is 524 g/mol. The number of thiophene rings is 1. The third-order valence-electron chi connectivity index (χ3n) is 5.82. The number of hydrogen-bond acceptors (Lipinski definition) is 9. The van der Waals surface area contributed by atoms with Crippen LogP contribution >= 0.6 is 11.3 Å². The number of hydrogen-bond donors (Lipinski definition) is 2. The molecule has 5 rings (SSSR count). The number of pyridine rings is 1. The van der Waals surface area contributed by atoms with Crippen LogP contribution in [0.15, 0.2) is 29.4 Å². The molecule has 14 heteroatoms. The number of aromatic nitrogens is 3. The third-order valence-corrected chi connectivity index (χ3v) is 8.79. The fraction of sp³-hybridized carbons (Fsp3) is 0.333. The van der Waals surface area contributed by atoms with Gasteiger partial charge in [0, 0.05) is 19.8 Å². The van der Waals surface area contributed by atoms with Gasteiger partial charge in [0.1, 0.15) is 16.3 Å². The number of nitrogen functional groups attached to an aromatic ring is 1. The summed E-state index contributed by atoms with van der Waals surface area (Å²) in [7, 11) is -2.42. The molecular formula is C21H19F3N6O3S2. The van der Waals surface area contributed by atoms with E-state index in [4.69, 9.17) is 5.73 Å². The summed E-state index contributed by atoms with van der Waals surface area (Å²) >= 11 is 0.664. The summed E-state index contributed by atoms with van der Waals surface area (Å²) in [6.45, 7) is -0.00771. The van der Waals surface area contributed by atoms with Gasteiger partial charge in [-0.1, -0.05) is 0 Å². The fourth-order valence-electron chi connectivity index (χ4n) is 3.80. The number of nitrogens with one attached hydrogen (secondary N) is 1. The fourth-order valence-corrected chi connectivity index (χ4v) is 6.83. The lowest BCUT2D eigenvalue weighted by Crippen LogP contribution is -2.27. The largest absolute Gasteiger partial charge is 0.420 e. The highest BCUT2D eigenvalue weighted by Gasteiger charge is 2.38. The van der Waals surface area contributed by atoms with E-state index in [0.717, 1.165) is 24.5 Å². The van der Waals surface area contributed by atoms with Crippen LogP contribution in [0.1, 0.15) is 39.6 Å². The predicted molar refractivity (Wildman–Crippen MR) is 123 cm³/mol. The van der Waals surface area contributed by atoms with E-state index in [1.54, 1.807) is 6.07 Å². The van der Waals surface area contributed by atoms with Crippen molar-refractivity contribution in [3.8, 4) is 10.6 Å². The Labute approximate surface area is 202 Å². The summed E-state index contributed by atoms with van der Waals surface area (Å²) in [5, 5.41) is 2.92. The molecule has 1 aliphatic carbocycles. The topological polar surface area (TPSA) is 131 Å². The molecule has 0 radical (unpaired) electrons. The first-order valence-corrected chi connectivity index (χ1v) is 13.0. The number of nitrogens with two attached hydrogens (primary N) is 1. The zero-order valence-corrected chi connectivity index (χ0v) is 19.9. The van der Waals surface area contributed by atoms with Crippen molar-refractivity contribution in [2.45, 2.75) is 29.8 Å². The van der Waals surface area contributed by atoms with Gasteiger partial charge in [-0.3, -0.25) is 4.79 Å². The van der Waals surface area contributed by atoms with E-state index in [1.165, 1.54) is 18.1 Å². The van der Waals surface area contributed by atoms with Crippen molar-refractivity contribution in [1.82, 2.24) is 19.9 Å². The van der Waals surface area contributed by atoms with Crippen LogP contribution in [0.3, 0.4) is 0 Å². The lowest BCUT2D eigenvalue weighted by atomic mass is 10.1. The number of fused-ring (bicyclic) bond motifs is 1. The smallest absolute Gasteiger partial charge is 0.384 e. The molecule has 0 spiro atoms. The first kappa shape index (κ1) is 23.5. The van der Waals surface area contributed by atoms with Gasteiger partial charge in [0.2, 0.25) is 5.95 Å². The Bertz CT molecular complexity index is 1450. The quantitative estimate of drug-likeness (QED) is 0.529. The van der Waals surface area contributed by atoms with Crippen molar-refractivity contribution >= 4 is 44.5 Å². The lowest BCUT2D eigenvalue weighted by Gasteiger charge is -2.14. The Morgan fingerprint density at radius 2 is 1.94 bits per heavy atom. The summed E-state index contributed by atoms with van der Waals surface area (Å²) in [5.74, 6) is -0.438. The minimum Gasteiger partial charge on any atom is -0.384 e. The highest BCUT2D eigenvalue weighted by atomic mass is 32.2. The van der Waals surface area contributed by atoms with Gasteiger partial charge >= 0.3 is 6.18 Å². The van der Waals surface area contributed by atoms with Crippen LogP contribution in [0, 0.1) is 0 Å². The molecule has 4 heterocycles. The van der Waals surface area contributed by atoms with Gasteiger partial charge < -0.3 is 16.0 Å². The van der Waals surface area contributed by atoms with Gasteiger partial charge in [-0.25, -0.2) is 23.4 Å². The Morgan fingerprint density at radius 3 is 2.63 bits per heavy atom. The number of rotatable bonds is 4. The van der Waals surface area contributed by atoms with Gasteiger partial charge in [0.25, 0.3) is 5.91 Å². The minimum atomic E-state index is -4.81. The molecule has 9 nitrogen and oxygen atoms in total. The van der Waals surface area contributed by atoms with E-state index in [2.05, 4.69) is 20.3 Å². The van der Waals surface area contributed by atoms with Gasteiger partial charge in [-0.15, -0.1) is 11.3 Å². The van der Waals surface area contributed by atoms with E-state index >= 15 is 0 Å². The SMILES string of the molecule is CN1CCS(=O)(=O)c2cc(-c3nc(Nc4cnc(N)cc4C4CC4)ncc3C(F)(F)F)sc2C1=O. The van der Waals surface area contributed by atoms with Gasteiger partial charge in [-0.05, 0) is 36.5 Å². The third kappa shape index (κ3) is 4.43. The molecular weight excluding hydrogens is 505 g/mol. The predicted octanol–water partition coefficient (Wildman–Crippen LogP) is 3.68. The second-order valence-electron chi connectivity index (χ2n) is 8.40. The molecule has 0 aromatic carbocycles. The van der Waals surface area contributed by atoms with Gasteiger partial charge in [-0.2, -0.15) is 13.2 Å². The zero-order valence-electron chi connectivity index (χ0n) is 18.3. The van der Waals surface area contributed by atoms with Crippen molar-refractivity contribution in [1.29, 1.82) is 0 Å². The number of nitrogens with zero attached hydrogens (tertiary/aromatic N) is 4.